The normalized spacial score (nSPS) is 16.4. The molecule has 0 radical (unpaired) electrons. The van der Waals surface area contributed by atoms with Crippen molar-refractivity contribution < 1.29 is 44.1 Å². The number of rotatable bonds is 19. The highest BCUT2D eigenvalue weighted by Gasteiger charge is 2.32. The Bertz CT molecular complexity index is 854. The molecule has 4 amide bonds. The van der Waals surface area contributed by atoms with Crippen molar-refractivity contribution in [3.8, 4) is 0 Å². The monoisotopic (exact) mass is 560 g/mol. The molecule has 0 aromatic heterocycles. The van der Waals surface area contributed by atoms with Gasteiger partial charge in [0, 0.05) is 6.42 Å². The summed E-state index contributed by atoms with van der Waals surface area (Å²) in [6.45, 7) is 6.48. The fourth-order valence-electron chi connectivity index (χ4n) is 3.40. The van der Waals surface area contributed by atoms with Gasteiger partial charge in [-0.1, -0.05) is 20.3 Å². The van der Waals surface area contributed by atoms with Crippen LogP contribution in [0.25, 0.3) is 0 Å². The first-order chi connectivity index (χ1) is 18.2. The van der Waals surface area contributed by atoms with Crippen LogP contribution in [0.2, 0.25) is 0 Å². The van der Waals surface area contributed by atoms with Gasteiger partial charge in [-0.3, -0.25) is 24.0 Å². The number of carboxylic acid groups (broad SMARTS) is 2. The summed E-state index contributed by atoms with van der Waals surface area (Å²) >= 11 is 0. The van der Waals surface area contributed by atoms with Crippen LogP contribution < -0.4 is 32.7 Å². The van der Waals surface area contributed by atoms with Gasteiger partial charge in [0.2, 0.25) is 23.6 Å². The van der Waals surface area contributed by atoms with E-state index in [9.17, 15) is 39.0 Å². The van der Waals surface area contributed by atoms with Gasteiger partial charge >= 0.3 is 11.9 Å². The smallest absolute Gasteiger partial charge is 0.328 e. The van der Waals surface area contributed by atoms with Crippen molar-refractivity contribution in [2.45, 2.75) is 103 Å². The van der Waals surface area contributed by atoms with Gasteiger partial charge in [0.1, 0.15) is 18.1 Å². The molecule has 15 nitrogen and oxygen atoms in total. The number of carboxylic acids is 2. The summed E-state index contributed by atoms with van der Waals surface area (Å²) < 4.78 is 0. The Hall–Kier alpha value is -3.30. The van der Waals surface area contributed by atoms with E-state index >= 15 is 0 Å². The molecule has 0 spiro atoms. The third kappa shape index (κ3) is 13.4. The first kappa shape index (κ1) is 35.7. The van der Waals surface area contributed by atoms with Crippen LogP contribution in [0.15, 0.2) is 0 Å². The lowest BCUT2D eigenvalue weighted by molar-refractivity contribution is -0.145. The molecular weight excluding hydrogens is 516 g/mol. The molecule has 0 aliphatic rings. The molecule has 39 heavy (non-hydrogen) atoms. The quantitative estimate of drug-likeness (QED) is 0.0763. The topological polar surface area (TPSA) is 263 Å². The summed E-state index contributed by atoms with van der Waals surface area (Å²) in [7, 11) is 0. The second kappa shape index (κ2) is 18.1. The fourth-order valence-corrected chi connectivity index (χ4v) is 3.40. The fraction of sp³-hybridized carbons (Fsp3) is 0.750. The van der Waals surface area contributed by atoms with Crippen LogP contribution in [0.3, 0.4) is 0 Å². The maximum Gasteiger partial charge on any atom is 0.328 e. The van der Waals surface area contributed by atoms with Crippen molar-refractivity contribution in [2.24, 2.45) is 17.4 Å². The summed E-state index contributed by atoms with van der Waals surface area (Å²) in [6.07, 6.45) is -0.689. The molecule has 0 fully saturated rings. The molecule has 15 heteroatoms. The molecule has 0 aliphatic heterocycles. The minimum Gasteiger partial charge on any atom is -0.481 e. The van der Waals surface area contributed by atoms with Crippen LogP contribution in [0.5, 0.6) is 0 Å². The van der Waals surface area contributed by atoms with E-state index in [1.54, 1.807) is 6.92 Å². The molecule has 0 unspecified atom stereocenters. The molecule has 0 aromatic rings. The van der Waals surface area contributed by atoms with Crippen LogP contribution >= 0.6 is 0 Å². The van der Waals surface area contributed by atoms with Gasteiger partial charge in [-0.05, 0) is 52.0 Å². The van der Waals surface area contributed by atoms with E-state index in [4.69, 9.17) is 16.6 Å². The summed E-state index contributed by atoms with van der Waals surface area (Å²) in [5.74, 6) is -6.00. The van der Waals surface area contributed by atoms with Crippen molar-refractivity contribution in [2.75, 3.05) is 6.54 Å². The maximum atomic E-state index is 13.1. The van der Waals surface area contributed by atoms with Crippen LogP contribution in [-0.4, -0.2) is 93.7 Å². The number of carbonyl (C=O) groups is 6. The second-order valence-corrected chi connectivity index (χ2v) is 9.55. The van der Waals surface area contributed by atoms with Gasteiger partial charge < -0.3 is 48.1 Å². The zero-order chi connectivity index (χ0) is 30.3. The molecule has 0 aliphatic carbocycles. The Morgan fingerprint density at radius 2 is 1.31 bits per heavy atom. The first-order valence-electron chi connectivity index (χ1n) is 13.0. The van der Waals surface area contributed by atoms with Crippen molar-refractivity contribution >= 4 is 35.6 Å². The number of carbonyl (C=O) groups excluding carboxylic acids is 4. The second-order valence-electron chi connectivity index (χ2n) is 9.55. The van der Waals surface area contributed by atoms with Gasteiger partial charge in [0.25, 0.3) is 0 Å². The molecule has 224 valence electrons. The number of amides is 4. The number of aliphatic carboxylic acids is 2. The van der Waals surface area contributed by atoms with Crippen molar-refractivity contribution in [1.29, 1.82) is 0 Å². The number of nitrogens with two attached hydrogens (primary N) is 2. The van der Waals surface area contributed by atoms with Gasteiger partial charge in [-0.2, -0.15) is 0 Å². The summed E-state index contributed by atoms with van der Waals surface area (Å²) in [5.41, 5.74) is 11.4. The SMILES string of the molecule is CC[C@H](C)[C@H](N)C(=O)N[C@@H](C)C(=O)N[C@@H](CCC(=O)O)C(=O)N[C@@H](CCCCN)C(=O)N[C@H](C(=O)O)[C@@H](C)O. The van der Waals surface area contributed by atoms with E-state index in [2.05, 4.69) is 21.3 Å². The average Bonchev–Trinajstić information content (AvgIpc) is 2.86. The number of aliphatic hydroxyl groups excluding tert-OH is 1. The lowest BCUT2D eigenvalue weighted by Gasteiger charge is -2.26. The summed E-state index contributed by atoms with van der Waals surface area (Å²) in [5, 5.41) is 37.5. The highest BCUT2D eigenvalue weighted by atomic mass is 16.4. The van der Waals surface area contributed by atoms with Gasteiger partial charge in [-0.15, -0.1) is 0 Å². The number of nitrogens with one attached hydrogen (secondary N) is 4. The largest absolute Gasteiger partial charge is 0.481 e. The number of hydrogen-bond acceptors (Lipinski definition) is 9. The van der Waals surface area contributed by atoms with E-state index in [1.165, 1.54) is 13.8 Å². The van der Waals surface area contributed by atoms with Crippen molar-refractivity contribution in [3.63, 3.8) is 0 Å². The zero-order valence-electron chi connectivity index (χ0n) is 22.9. The predicted octanol–water partition coefficient (Wildman–Crippen LogP) is -2.22. The Balaban J connectivity index is 5.66. The highest BCUT2D eigenvalue weighted by molar-refractivity contribution is 5.95. The zero-order valence-corrected chi connectivity index (χ0v) is 22.9. The van der Waals surface area contributed by atoms with Gasteiger partial charge in [0.05, 0.1) is 12.1 Å². The summed E-state index contributed by atoms with van der Waals surface area (Å²) in [6, 6.07) is -6.27. The van der Waals surface area contributed by atoms with E-state index < -0.39 is 78.3 Å². The Morgan fingerprint density at radius 1 is 0.769 bits per heavy atom. The standard InChI is InChI=1S/C24H44N6O9/c1-5-12(2)18(26)23(37)27-13(3)20(34)28-16(9-10-17(32)33)21(35)29-15(8-6-7-11-25)22(36)30-19(14(4)31)24(38)39/h12-16,18-19,31H,5-11,25-26H2,1-4H3,(H,27,37)(H,28,34)(H,29,35)(H,30,36)(H,32,33)(H,38,39)/t12-,13-,14+,15-,16-,18-,19-/m0/s1. The molecule has 0 rings (SSSR count). The number of hydrogen-bond donors (Lipinski definition) is 9. The predicted molar refractivity (Wildman–Crippen MR) is 140 cm³/mol. The molecule has 0 saturated carbocycles. The number of aliphatic hydroxyl groups is 1. The van der Waals surface area contributed by atoms with Crippen LogP contribution in [0, 0.1) is 5.92 Å². The van der Waals surface area contributed by atoms with Crippen LogP contribution in [0.4, 0.5) is 0 Å². The third-order valence-electron chi connectivity index (χ3n) is 6.22. The average molecular weight is 561 g/mol. The molecule has 0 bridgehead atoms. The van der Waals surface area contributed by atoms with E-state index in [0.717, 1.165) is 0 Å². The molecule has 11 N–H and O–H groups in total. The Morgan fingerprint density at radius 3 is 1.79 bits per heavy atom. The lowest BCUT2D eigenvalue weighted by atomic mass is 9.99. The van der Waals surface area contributed by atoms with Crippen LogP contribution in [-0.2, 0) is 28.8 Å². The molecule has 0 aromatic carbocycles. The van der Waals surface area contributed by atoms with Crippen molar-refractivity contribution in [3.05, 3.63) is 0 Å². The van der Waals surface area contributed by atoms with Crippen molar-refractivity contribution in [1.82, 2.24) is 21.3 Å². The highest BCUT2D eigenvalue weighted by Crippen LogP contribution is 2.07. The molecule has 0 heterocycles. The minimum atomic E-state index is -1.64. The Kier molecular flexibility index (Phi) is 16.5. The number of unbranched alkanes of at least 4 members (excludes halogenated alkanes) is 1. The van der Waals surface area contributed by atoms with Crippen LogP contribution in [0.1, 0.15) is 66.2 Å². The van der Waals surface area contributed by atoms with E-state index in [-0.39, 0.29) is 18.8 Å². The maximum absolute atomic E-state index is 13.1. The minimum absolute atomic E-state index is 0.0560. The van der Waals surface area contributed by atoms with Gasteiger partial charge in [-0.25, -0.2) is 4.79 Å². The summed E-state index contributed by atoms with van der Waals surface area (Å²) in [4.78, 5) is 73.5. The lowest BCUT2D eigenvalue weighted by Crippen LogP contribution is -2.59. The molecule has 0 saturated heterocycles. The Labute approximate surface area is 227 Å². The van der Waals surface area contributed by atoms with E-state index in [1.807, 2.05) is 6.92 Å². The molecule has 7 atom stereocenters. The van der Waals surface area contributed by atoms with Gasteiger partial charge in [0.15, 0.2) is 6.04 Å². The van der Waals surface area contributed by atoms with E-state index in [0.29, 0.717) is 25.8 Å². The third-order valence-corrected chi connectivity index (χ3v) is 6.22. The molecular formula is C24H44N6O9. The first-order valence-corrected chi connectivity index (χ1v) is 13.0.